The molecule has 5 N–H and O–H groups in total. The second kappa shape index (κ2) is 6.95. The Kier molecular flexibility index (Phi) is 4.89. The zero-order valence-electron chi connectivity index (χ0n) is 13.0. The zero-order valence-corrected chi connectivity index (χ0v) is 13.0. The molecule has 1 saturated heterocycles. The molecule has 1 aliphatic rings. The average Bonchev–Trinajstić information content (AvgIpc) is 2.61. The molecule has 1 fully saturated rings. The van der Waals surface area contributed by atoms with Gasteiger partial charge in [0.05, 0.1) is 6.61 Å². The summed E-state index contributed by atoms with van der Waals surface area (Å²) >= 11 is 0. The van der Waals surface area contributed by atoms with Crippen molar-refractivity contribution in [1.82, 2.24) is 0 Å². The van der Waals surface area contributed by atoms with Gasteiger partial charge in [-0.15, -0.1) is 0 Å². The molecule has 25 heavy (non-hydrogen) atoms. The maximum atomic E-state index is 11.5. The van der Waals surface area contributed by atoms with E-state index < -0.39 is 43.3 Å². The minimum absolute atomic E-state index is 0.0597. The molecule has 2 aromatic rings. The lowest BCUT2D eigenvalue weighted by Gasteiger charge is -2.39. The highest BCUT2D eigenvalue weighted by atomic mass is 16.7. The third-order valence-corrected chi connectivity index (χ3v) is 4.17. The monoisotopic (exact) mass is 350 g/mol. The lowest BCUT2D eigenvalue weighted by molar-refractivity contribution is -0.277. The van der Waals surface area contributed by atoms with Crippen LogP contribution in [0.25, 0.3) is 10.8 Å². The van der Waals surface area contributed by atoms with Crippen LogP contribution in [0.3, 0.4) is 0 Å². The topological polar surface area (TPSA) is 137 Å². The number of rotatable bonds is 4. The molecule has 1 heterocycles. The summed E-state index contributed by atoms with van der Waals surface area (Å²) in [6.07, 6.45) is -7.34. The summed E-state index contributed by atoms with van der Waals surface area (Å²) in [7, 11) is 0. The van der Waals surface area contributed by atoms with Crippen LogP contribution in [0.1, 0.15) is 10.4 Å². The van der Waals surface area contributed by atoms with Gasteiger partial charge < -0.3 is 35.0 Å². The first-order valence-electron chi connectivity index (χ1n) is 7.65. The van der Waals surface area contributed by atoms with Crippen LogP contribution in [0.5, 0.6) is 5.75 Å². The molecule has 3 rings (SSSR count). The SMILES string of the molecule is O=C(O)c1cc2ccccc2cc1O[C@@H]1O[C@H](CO)[C@H](O)[C@H](O)[C@H]1O. The van der Waals surface area contributed by atoms with Gasteiger partial charge in [-0.1, -0.05) is 24.3 Å². The van der Waals surface area contributed by atoms with E-state index >= 15 is 0 Å². The van der Waals surface area contributed by atoms with Crippen molar-refractivity contribution in [3.63, 3.8) is 0 Å². The summed E-state index contributed by atoms with van der Waals surface area (Å²) in [5.41, 5.74) is -0.143. The maximum Gasteiger partial charge on any atom is 0.339 e. The summed E-state index contributed by atoms with van der Waals surface area (Å²) in [5.74, 6) is -1.29. The molecule has 0 aromatic heterocycles. The molecule has 0 aliphatic carbocycles. The highest BCUT2D eigenvalue weighted by Gasteiger charge is 2.45. The van der Waals surface area contributed by atoms with Gasteiger partial charge in [-0.2, -0.15) is 0 Å². The van der Waals surface area contributed by atoms with Crippen LogP contribution < -0.4 is 4.74 Å². The van der Waals surface area contributed by atoms with E-state index in [0.29, 0.717) is 10.8 Å². The molecule has 5 atom stereocenters. The first kappa shape index (κ1) is 17.6. The van der Waals surface area contributed by atoms with Gasteiger partial charge in [0.1, 0.15) is 35.7 Å². The Morgan fingerprint density at radius 3 is 2.28 bits per heavy atom. The minimum atomic E-state index is -1.62. The van der Waals surface area contributed by atoms with E-state index in [1.807, 2.05) is 0 Å². The number of aliphatic hydroxyl groups is 4. The van der Waals surface area contributed by atoms with Crippen molar-refractivity contribution in [1.29, 1.82) is 0 Å². The van der Waals surface area contributed by atoms with Crippen molar-refractivity contribution in [2.24, 2.45) is 0 Å². The molecular formula is C17H18O8. The van der Waals surface area contributed by atoms with Crippen LogP contribution in [0, 0.1) is 0 Å². The summed E-state index contributed by atoms with van der Waals surface area (Å²) in [6, 6.07) is 9.98. The number of aromatic carboxylic acids is 1. The van der Waals surface area contributed by atoms with E-state index in [4.69, 9.17) is 9.47 Å². The maximum absolute atomic E-state index is 11.5. The number of benzene rings is 2. The summed E-state index contributed by atoms with van der Waals surface area (Å²) in [4.78, 5) is 11.5. The predicted octanol–water partition coefficient (Wildman–Crippen LogP) is -0.283. The van der Waals surface area contributed by atoms with Crippen LogP contribution in [0.4, 0.5) is 0 Å². The number of fused-ring (bicyclic) bond motifs is 1. The van der Waals surface area contributed by atoms with Crippen LogP contribution in [0.15, 0.2) is 36.4 Å². The van der Waals surface area contributed by atoms with Crippen LogP contribution in [-0.4, -0.2) is 68.8 Å². The third kappa shape index (κ3) is 3.30. The van der Waals surface area contributed by atoms with Crippen molar-refractivity contribution in [3.05, 3.63) is 42.0 Å². The van der Waals surface area contributed by atoms with Crippen molar-refractivity contribution in [2.75, 3.05) is 6.61 Å². The van der Waals surface area contributed by atoms with Crippen molar-refractivity contribution in [2.45, 2.75) is 30.7 Å². The van der Waals surface area contributed by atoms with Gasteiger partial charge >= 0.3 is 5.97 Å². The van der Waals surface area contributed by atoms with Gasteiger partial charge in [0.2, 0.25) is 6.29 Å². The first-order valence-corrected chi connectivity index (χ1v) is 7.65. The number of hydrogen-bond acceptors (Lipinski definition) is 7. The fourth-order valence-corrected chi connectivity index (χ4v) is 2.77. The second-order valence-corrected chi connectivity index (χ2v) is 5.82. The smallest absolute Gasteiger partial charge is 0.339 e. The standard InChI is InChI=1S/C17H18O8/c18-7-12-13(19)14(20)15(21)17(25-12)24-11-6-9-4-2-1-3-8(9)5-10(11)16(22)23/h1-6,12-15,17-21H,7H2,(H,22,23)/t12-,13+,14+,15-,17-/m1/s1. The van der Waals surface area contributed by atoms with E-state index in [1.165, 1.54) is 12.1 Å². The fraction of sp³-hybridized carbons (Fsp3) is 0.353. The van der Waals surface area contributed by atoms with E-state index in [0.717, 1.165) is 0 Å². The van der Waals surface area contributed by atoms with Crippen molar-refractivity contribution in [3.8, 4) is 5.75 Å². The quantitative estimate of drug-likeness (QED) is 0.508. The highest BCUT2D eigenvalue weighted by Crippen LogP contribution is 2.30. The molecule has 1 aliphatic heterocycles. The Morgan fingerprint density at radius 2 is 1.68 bits per heavy atom. The number of carboxylic acids is 1. The Balaban J connectivity index is 1.96. The largest absolute Gasteiger partial charge is 0.478 e. The van der Waals surface area contributed by atoms with Gasteiger partial charge in [-0.3, -0.25) is 0 Å². The molecule has 2 aromatic carbocycles. The minimum Gasteiger partial charge on any atom is -0.478 e. The van der Waals surface area contributed by atoms with E-state index in [1.54, 1.807) is 24.3 Å². The highest BCUT2D eigenvalue weighted by molar-refractivity contribution is 5.97. The third-order valence-electron chi connectivity index (χ3n) is 4.17. The molecule has 8 heteroatoms. The first-order chi connectivity index (χ1) is 11.9. The van der Waals surface area contributed by atoms with E-state index in [-0.39, 0.29) is 11.3 Å². The number of ether oxygens (including phenoxy) is 2. The Labute approximate surface area is 142 Å². The molecule has 0 bridgehead atoms. The number of carbonyl (C=O) groups is 1. The fourth-order valence-electron chi connectivity index (χ4n) is 2.77. The zero-order chi connectivity index (χ0) is 18.1. The number of carboxylic acid groups (broad SMARTS) is 1. The Hall–Kier alpha value is -2.23. The second-order valence-electron chi connectivity index (χ2n) is 5.82. The Morgan fingerprint density at radius 1 is 1.04 bits per heavy atom. The van der Waals surface area contributed by atoms with Crippen molar-refractivity contribution >= 4 is 16.7 Å². The average molecular weight is 350 g/mol. The molecule has 8 nitrogen and oxygen atoms in total. The molecule has 0 saturated carbocycles. The van der Waals surface area contributed by atoms with Crippen LogP contribution in [0.2, 0.25) is 0 Å². The van der Waals surface area contributed by atoms with Gasteiger partial charge in [-0.05, 0) is 22.9 Å². The molecular weight excluding hydrogens is 332 g/mol. The molecule has 0 radical (unpaired) electrons. The molecule has 0 amide bonds. The van der Waals surface area contributed by atoms with Gasteiger partial charge in [-0.25, -0.2) is 4.79 Å². The van der Waals surface area contributed by atoms with Gasteiger partial charge in [0.15, 0.2) is 0 Å². The predicted molar refractivity (Wildman–Crippen MR) is 85.3 cm³/mol. The number of hydrogen-bond donors (Lipinski definition) is 5. The summed E-state index contributed by atoms with van der Waals surface area (Å²) in [6.45, 7) is -0.603. The van der Waals surface area contributed by atoms with E-state index in [9.17, 15) is 30.3 Å². The summed E-state index contributed by atoms with van der Waals surface area (Å²) < 4.78 is 10.7. The van der Waals surface area contributed by atoms with E-state index in [2.05, 4.69) is 0 Å². The van der Waals surface area contributed by atoms with Crippen molar-refractivity contribution < 1.29 is 39.8 Å². The van der Waals surface area contributed by atoms with Gasteiger partial charge in [0.25, 0.3) is 0 Å². The Bertz CT molecular complexity index is 774. The van der Waals surface area contributed by atoms with Crippen LogP contribution >= 0.6 is 0 Å². The number of aliphatic hydroxyl groups excluding tert-OH is 4. The van der Waals surface area contributed by atoms with Crippen LogP contribution in [-0.2, 0) is 4.74 Å². The summed E-state index contributed by atoms with van der Waals surface area (Å²) in [5, 5.41) is 49.6. The molecule has 0 unspecified atom stereocenters. The normalized spacial score (nSPS) is 29.5. The molecule has 134 valence electrons. The lowest BCUT2D eigenvalue weighted by atomic mass is 9.99. The molecule has 0 spiro atoms. The van der Waals surface area contributed by atoms with Gasteiger partial charge in [0, 0.05) is 0 Å². The lowest BCUT2D eigenvalue weighted by Crippen LogP contribution is -2.60.